The van der Waals surface area contributed by atoms with E-state index in [0.29, 0.717) is 15.9 Å². The fourth-order valence-electron chi connectivity index (χ4n) is 1.63. The van der Waals surface area contributed by atoms with Gasteiger partial charge in [0.05, 0.1) is 0 Å². The lowest BCUT2D eigenvalue weighted by Crippen LogP contribution is -2.23. The largest absolute Gasteiger partial charge is 0.325 e. The van der Waals surface area contributed by atoms with Gasteiger partial charge in [0.15, 0.2) is 15.9 Å². The van der Waals surface area contributed by atoms with Crippen LogP contribution in [0, 0.1) is 11.7 Å². The Kier molecular flexibility index (Phi) is 2.04. The van der Waals surface area contributed by atoms with Gasteiger partial charge in [-0.15, -0.1) is 0 Å². The average molecular weight is 224 g/mol. The third-order valence-corrected chi connectivity index (χ3v) is 3.25. The Morgan fingerprint density at radius 1 is 1.13 bits per heavy atom. The van der Waals surface area contributed by atoms with Crippen LogP contribution in [0.3, 0.4) is 0 Å². The molecule has 15 heavy (non-hydrogen) atoms. The number of rotatable bonds is 0. The highest BCUT2D eigenvalue weighted by Gasteiger charge is 2.12. The summed E-state index contributed by atoms with van der Waals surface area (Å²) in [5.41, 5.74) is 1.13. The summed E-state index contributed by atoms with van der Waals surface area (Å²) >= 11 is 5.14. The van der Waals surface area contributed by atoms with Crippen molar-refractivity contribution in [3.8, 4) is 0 Å². The molecule has 0 aliphatic carbocycles. The summed E-state index contributed by atoms with van der Waals surface area (Å²) < 4.78 is 5.47. The third-order valence-electron chi connectivity index (χ3n) is 2.70. The first-order valence-corrected chi connectivity index (χ1v) is 4.95. The molecule has 0 atom stereocenters. The Bertz CT molecular complexity index is 661. The Balaban J connectivity index is 3.23. The molecule has 0 aromatic carbocycles. The van der Waals surface area contributed by atoms with Crippen molar-refractivity contribution in [2.45, 2.75) is 6.92 Å². The summed E-state index contributed by atoms with van der Waals surface area (Å²) in [6, 6.07) is 0. The van der Waals surface area contributed by atoms with Crippen LogP contribution < -0.4 is 5.56 Å². The average Bonchev–Trinajstić information content (AvgIpc) is 2.50. The van der Waals surface area contributed by atoms with E-state index in [4.69, 9.17) is 12.2 Å². The van der Waals surface area contributed by atoms with Gasteiger partial charge >= 0.3 is 0 Å². The Morgan fingerprint density at radius 3 is 2.33 bits per heavy atom. The maximum absolute atomic E-state index is 12.0. The van der Waals surface area contributed by atoms with Gasteiger partial charge in [0, 0.05) is 21.1 Å². The molecule has 6 heteroatoms. The molecular formula is C9H12N4OS. The lowest BCUT2D eigenvalue weighted by Gasteiger charge is -2.05. The molecule has 2 heterocycles. The molecule has 0 bridgehead atoms. The Hall–Kier alpha value is -1.43. The smallest absolute Gasteiger partial charge is 0.280 e. The number of aromatic nitrogens is 4. The minimum absolute atomic E-state index is 0.101. The van der Waals surface area contributed by atoms with Gasteiger partial charge in [0.1, 0.15) is 5.82 Å². The zero-order valence-electron chi connectivity index (χ0n) is 9.11. The van der Waals surface area contributed by atoms with Crippen molar-refractivity contribution >= 4 is 23.4 Å². The van der Waals surface area contributed by atoms with Gasteiger partial charge in [-0.25, -0.2) is 4.98 Å². The maximum Gasteiger partial charge on any atom is 0.280 e. The molecule has 0 N–H and O–H groups in total. The third kappa shape index (κ3) is 1.18. The minimum atomic E-state index is -0.101. The Morgan fingerprint density at radius 2 is 1.73 bits per heavy atom. The summed E-state index contributed by atoms with van der Waals surface area (Å²) in [5, 5.41) is 0. The van der Waals surface area contributed by atoms with Crippen LogP contribution in [0.25, 0.3) is 11.2 Å². The van der Waals surface area contributed by atoms with Crippen LogP contribution in [0.1, 0.15) is 5.82 Å². The van der Waals surface area contributed by atoms with Crippen molar-refractivity contribution in [2.24, 2.45) is 21.1 Å². The molecule has 0 radical (unpaired) electrons. The summed E-state index contributed by atoms with van der Waals surface area (Å²) in [6.45, 7) is 1.86. The highest BCUT2D eigenvalue weighted by atomic mass is 32.1. The van der Waals surface area contributed by atoms with Crippen LogP contribution in [-0.2, 0) is 21.1 Å². The first-order chi connectivity index (χ1) is 6.95. The molecule has 2 aromatic rings. The summed E-state index contributed by atoms with van der Waals surface area (Å²) in [5.74, 6) is 0.804. The summed E-state index contributed by atoms with van der Waals surface area (Å²) in [6.07, 6.45) is 0. The fraction of sp³-hybridized carbons (Fsp3) is 0.444. The standard InChI is InChI=1S/C9H12N4OS/c1-5-10-7-6(11(5)2)8(14)13(4)9(15)12(7)3/h1-4H3. The van der Waals surface area contributed by atoms with Crippen LogP contribution >= 0.6 is 12.2 Å². The van der Waals surface area contributed by atoms with Crippen molar-refractivity contribution in [1.82, 2.24) is 18.7 Å². The Labute approximate surface area is 91.6 Å². The van der Waals surface area contributed by atoms with Gasteiger partial charge in [0.2, 0.25) is 0 Å². The molecule has 0 saturated heterocycles. The molecule has 0 aliphatic heterocycles. The highest BCUT2D eigenvalue weighted by molar-refractivity contribution is 7.71. The molecule has 2 rings (SSSR count). The van der Waals surface area contributed by atoms with E-state index < -0.39 is 0 Å². The molecule has 0 fully saturated rings. The molecule has 0 unspecified atom stereocenters. The maximum atomic E-state index is 12.0. The molecule has 0 aliphatic rings. The normalized spacial score (nSPS) is 11.2. The topological polar surface area (TPSA) is 44.8 Å². The fourth-order valence-corrected chi connectivity index (χ4v) is 1.80. The monoisotopic (exact) mass is 224 g/mol. The van der Waals surface area contributed by atoms with Gasteiger partial charge in [-0.3, -0.25) is 9.36 Å². The van der Waals surface area contributed by atoms with E-state index in [2.05, 4.69) is 4.98 Å². The van der Waals surface area contributed by atoms with Crippen LogP contribution in [0.15, 0.2) is 4.79 Å². The second-order valence-electron chi connectivity index (χ2n) is 3.60. The van der Waals surface area contributed by atoms with Crippen molar-refractivity contribution in [1.29, 1.82) is 0 Å². The van der Waals surface area contributed by atoms with E-state index in [0.717, 1.165) is 5.82 Å². The van der Waals surface area contributed by atoms with Gasteiger partial charge in [-0.05, 0) is 19.1 Å². The van der Waals surface area contributed by atoms with Crippen LogP contribution in [0.4, 0.5) is 0 Å². The van der Waals surface area contributed by atoms with Gasteiger partial charge in [-0.2, -0.15) is 0 Å². The second kappa shape index (κ2) is 3.03. The summed E-state index contributed by atoms with van der Waals surface area (Å²) in [7, 11) is 5.32. The number of hydrogen-bond donors (Lipinski definition) is 0. The number of fused-ring (bicyclic) bond motifs is 1. The quantitative estimate of drug-likeness (QED) is 0.617. The van der Waals surface area contributed by atoms with Crippen molar-refractivity contribution < 1.29 is 0 Å². The van der Waals surface area contributed by atoms with Crippen molar-refractivity contribution in [2.75, 3.05) is 0 Å². The summed E-state index contributed by atoms with van der Waals surface area (Å²) in [4.78, 5) is 16.3. The molecular weight excluding hydrogens is 212 g/mol. The zero-order valence-corrected chi connectivity index (χ0v) is 9.92. The minimum Gasteiger partial charge on any atom is -0.325 e. The van der Waals surface area contributed by atoms with E-state index in [1.54, 1.807) is 16.2 Å². The van der Waals surface area contributed by atoms with Crippen molar-refractivity contribution in [3.05, 3.63) is 20.9 Å². The lowest BCUT2D eigenvalue weighted by molar-refractivity contribution is 0.737. The van der Waals surface area contributed by atoms with Crippen LogP contribution in [0.5, 0.6) is 0 Å². The van der Waals surface area contributed by atoms with Crippen molar-refractivity contribution in [3.63, 3.8) is 0 Å². The van der Waals surface area contributed by atoms with Gasteiger partial charge in [0.25, 0.3) is 5.56 Å². The molecule has 0 amide bonds. The van der Waals surface area contributed by atoms with E-state index in [9.17, 15) is 4.79 Å². The number of nitrogens with zero attached hydrogens (tertiary/aromatic N) is 4. The molecule has 0 spiro atoms. The van der Waals surface area contributed by atoms with Crippen LogP contribution in [-0.4, -0.2) is 18.7 Å². The number of aryl methyl sites for hydroxylation is 3. The number of imidazole rings is 1. The second-order valence-corrected chi connectivity index (χ2v) is 3.96. The first kappa shape index (κ1) is 10.1. The molecule has 2 aromatic heterocycles. The highest BCUT2D eigenvalue weighted by Crippen LogP contribution is 2.09. The van der Waals surface area contributed by atoms with E-state index in [1.165, 1.54) is 4.57 Å². The van der Waals surface area contributed by atoms with E-state index in [1.807, 2.05) is 21.0 Å². The first-order valence-electron chi connectivity index (χ1n) is 4.54. The lowest BCUT2D eigenvalue weighted by atomic mass is 10.5. The van der Waals surface area contributed by atoms with Gasteiger partial charge < -0.3 is 9.13 Å². The van der Waals surface area contributed by atoms with E-state index in [-0.39, 0.29) is 5.56 Å². The molecule has 5 nitrogen and oxygen atoms in total. The van der Waals surface area contributed by atoms with E-state index >= 15 is 0 Å². The predicted octanol–water partition coefficient (Wildman–Crippen LogP) is 0.648. The SMILES string of the molecule is Cc1nc2c(c(=O)n(C)c(=S)n2C)n1C. The zero-order chi connectivity index (χ0) is 11.3. The van der Waals surface area contributed by atoms with Crippen LogP contribution in [0.2, 0.25) is 0 Å². The predicted molar refractivity (Wildman–Crippen MR) is 60.5 cm³/mol. The molecule has 80 valence electrons. The molecule has 0 saturated carbocycles. The number of hydrogen-bond acceptors (Lipinski definition) is 3. The van der Waals surface area contributed by atoms with Gasteiger partial charge in [-0.1, -0.05) is 0 Å².